The van der Waals surface area contributed by atoms with Crippen molar-refractivity contribution < 1.29 is 4.74 Å². The predicted molar refractivity (Wildman–Crippen MR) is 60.9 cm³/mol. The summed E-state index contributed by atoms with van der Waals surface area (Å²) in [5.41, 5.74) is 0. The maximum atomic E-state index is 5.85. The molecule has 1 heterocycles. The van der Waals surface area contributed by atoms with Crippen molar-refractivity contribution in [1.82, 2.24) is 0 Å². The molecule has 1 saturated heterocycles. The number of ether oxygens (including phenoxy) is 1. The molecule has 1 nitrogen and oxygen atoms in total. The van der Waals surface area contributed by atoms with Gasteiger partial charge in [0, 0.05) is 4.43 Å². The molecule has 2 atom stereocenters. The molecule has 0 unspecified atom stereocenters. The van der Waals surface area contributed by atoms with Crippen LogP contribution in [0, 0.1) is 0 Å². The fraction of sp³-hybridized carbons (Fsp3) is 1.00. The molecular formula is C10H19IO. The lowest BCUT2D eigenvalue weighted by atomic mass is 10.1. The highest BCUT2D eigenvalue weighted by Crippen LogP contribution is 2.24. The van der Waals surface area contributed by atoms with E-state index in [1.165, 1.54) is 43.0 Å². The summed E-state index contributed by atoms with van der Waals surface area (Å²) in [4.78, 5) is 0. The summed E-state index contributed by atoms with van der Waals surface area (Å²) < 4.78 is 7.02. The number of rotatable bonds is 5. The largest absolute Gasteiger partial charge is 0.374 e. The molecule has 2 heteroatoms. The zero-order chi connectivity index (χ0) is 8.81. The molecule has 1 aliphatic heterocycles. The first-order valence-corrected chi connectivity index (χ1v) is 6.60. The third-order valence-electron chi connectivity index (χ3n) is 2.50. The van der Waals surface area contributed by atoms with Crippen LogP contribution in [-0.2, 0) is 4.74 Å². The number of halogens is 1. The summed E-state index contributed by atoms with van der Waals surface area (Å²) in [5, 5.41) is 0. The highest BCUT2D eigenvalue weighted by Gasteiger charge is 2.23. The Morgan fingerprint density at radius 3 is 2.58 bits per heavy atom. The van der Waals surface area contributed by atoms with Crippen LogP contribution in [0.5, 0.6) is 0 Å². The Morgan fingerprint density at radius 2 is 2.00 bits per heavy atom. The smallest absolute Gasteiger partial charge is 0.0669 e. The van der Waals surface area contributed by atoms with E-state index in [9.17, 15) is 0 Å². The van der Waals surface area contributed by atoms with Gasteiger partial charge in [0.2, 0.25) is 0 Å². The quantitative estimate of drug-likeness (QED) is 0.425. The first kappa shape index (κ1) is 10.8. The van der Waals surface area contributed by atoms with Crippen molar-refractivity contribution in [3.63, 3.8) is 0 Å². The molecule has 0 bridgehead atoms. The Bertz CT molecular complexity index is 116. The van der Waals surface area contributed by atoms with E-state index in [1.54, 1.807) is 0 Å². The van der Waals surface area contributed by atoms with Gasteiger partial charge in [-0.3, -0.25) is 0 Å². The maximum Gasteiger partial charge on any atom is 0.0669 e. The van der Waals surface area contributed by atoms with Crippen molar-refractivity contribution in [3.05, 3.63) is 0 Å². The molecule has 0 spiro atoms. The zero-order valence-corrected chi connectivity index (χ0v) is 10.0. The van der Waals surface area contributed by atoms with Gasteiger partial charge in [0.15, 0.2) is 0 Å². The summed E-state index contributed by atoms with van der Waals surface area (Å²) >= 11 is 2.42. The summed E-state index contributed by atoms with van der Waals surface area (Å²) in [6.07, 6.45) is 9.10. The summed E-state index contributed by atoms with van der Waals surface area (Å²) in [7, 11) is 0. The number of hydrogen-bond donors (Lipinski definition) is 0. The SMILES string of the molecule is CCCCC[C@H]1CC[C@H](CI)O1. The molecule has 0 aromatic heterocycles. The second-order valence-corrected chi connectivity index (χ2v) is 4.49. The van der Waals surface area contributed by atoms with Crippen LogP contribution in [0.15, 0.2) is 0 Å². The molecule has 1 fully saturated rings. The molecule has 12 heavy (non-hydrogen) atoms. The van der Waals surface area contributed by atoms with Gasteiger partial charge >= 0.3 is 0 Å². The van der Waals surface area contributed by atoms with E-state index in [2.05, 4.69) is 29.5 Å². The number of unbranched alkanes of at least 4 members (excludes halogenated alkanes) is 2. The van der Waals surface area contributed by atoms with Gasteiger partial charge in [-0.2, -0.15) is 0 Å². The third-order valence-corrected chi connectivity index (χ3v) is 3.48. The summed E-state index contributed by atoms with van der Waals surface area (Å²) in [6.45, 7) is 2.25. The van der Waals surface area contributed by atoms with Crippen LogP contribution in [0.1, 0.15) is 45.4 Å². The predicted octanol–water partition coefficient (Wildman–Crippen LogP) is 3.55. The van der Waals surface area contributed by atoms with Crippen molar-refractivity contribution in [2.75, 3.05) is 4.43 Å². The van der Waals surface area contributed by atoms with Crippen molar-refractivity contribution in [2.24, 2.45) is 0 Å². The van der Waals surface area contributed by atoms with Gasteiger partial charge in [-0.15, -0.1) is 0 Å². The van der Waals surface area contributed by atoms with E-state index < -0.39 is 0 Å². The maximum absolute atomic E-state index is 5.85. The van der Waals surface area contributed by atoms with E-state index in [1.807, 2.05) is 0 Å². The minimum absolute atomic E-state index is 0.567. The lowest BCUT2D eigenvalue weighted by molar-refractivity contribution is 0.0534. The van der Waals surface area contributed by atoms with Crippen LogP contribution in [0.2, 0.25) is 0 Å². The highest BCUT2D eigenvalue weighted by molar-refractivity contribution is 14.1. The van der Waals surface area contributed by atoms with Gasteiger partial charge < -0.3 is 4.74 Å². The molecule has 0 aliphatic carbocycles. The van der Waals surface area contributed by atoms with Crippen molar-refractivity contribution in [1.29, 1.82) is 0 Å². The van der Waals surface area contributed by atoms with Gasteiger partial charge in [0.1, 0.15) is 0 Å². The molecule has 0 amide bonds. The molecule has 0 aromatic carbocycles. The zero-order valence-electron chi connectivity index (χ0n) is 7.89. The molecular weight excluding hydrogens is 263 g/mol. The van der Waals surface area contributed by atoms with E-state index in [-0.39, 0.29) is 0 Å². The fourth-order valence-electron chi connectivity index (χ4n) is 1.73. The Balaban J connectivity index is 2.03. The molecule has 72 valence electrons. The second kappa shape index (κ2) is 6.19. The van der Waals surface area contributed by atoms with Crippen LogP contribution in [0.25, 0.3) is 0 Å². The van der Waals surface area contributed by atoms with Crippen LogP contribution in [0.3, 0.4) is 0 Å². The van der Waals surface area contributed by atoms with Crippen molar-refractivity contribution in [2.45, 2.75) is 57.7 Å². The van der Waals surface area contributed by atoms with E-state index in [4.69, 9.17) is 4.74 Å². The molecule has 0 aromatic rings. The number of hydrogen-bond acceptors (Lipinski definition) is 1. The van der Waals surface area contributed by atoms with Gasteiger partial charge in [0.05, 0.1) is 12.2 Å². The monoisotopic (exact) mass is 282 g/mol. The van der Waals surface area contributed by atoms with Gasteiger partial charge in [-0.05, 0) is 19.3 Å². The Labute approximate surface area is 89.4 Å². The van der Waals surface area contributed by atoms with Crippen molar-refractivity contribution >= 4 is 22.6 Å². The number of alkyl halides is 1. The Morgan fingerprint density at radius 1 is 1.25 bits per heavy atom. The summed E-state index contributed by atoms with van der Waals surface area (Å²) in [6, 6.07) is 0. The van der Waals surface area contributed by atoms with E-state index in [0.29, 0.717) is 12.2 Å². The minimum atomic E-state index is 0.567. The van der Waals surface area contributed by atoms with Crippen LogP contribution < -0.4 is 0 Å². The fourth-order valence-corrected chi connectivity index (χ4v) is 2.38. The van der Waals surface area contributed by atoms with E-state index in [0.717, 1.165) is 0 Å². The van der Waals surface area contributed by atoms with Crippen LogP contribution >= 0.6 is 22.6 Å². The normalized spacial score (nSPS) is 29.5. The van der Waals surface area contributed by atoms with Gasteiger partial charge in [0.25, 0.3) is 0 Å². The average molecular weight is 282 g/mol. The first-order chi connectivity index (χ1) is 5.86. The second-order valence-electron chi connectivity index (χ2n) is 3.61. The summed E-state index contributed by atoms with van der Waals surface area (Å²) in [5.74, 6) is 0. The topological polar surface area (TPSA) is 9.23 Å². The molecule has 0 saturated carbocycles. The highest BCUT2D eigenvalue weighted by atomic mass is 127. The Kier molecular flexibility index (Phi) is 5.56. The van der Waals surface area contributed by atoms with E-state index >= 15 is 0 Å². The molecule has 1 aliphatic rings. The lowest BCUT2D eigenvalue weighted by Crippen LogP contribution is -2.11. The van der Waals surface area contributed by atoms with Crippen molar-refractivity contribution in [3.8, 4) is 0 Å². The minimum Gasteiger partial charge on any atom is -0.374 e. The lowest BCUT2D eigenvalue weighted by Gasteiger charge is -2.10. The Hall–Kier alpha value is 0.690. The standard InChI is InChI=1S/C10H19IO/c1-2-3-4-5-9-6-7-10(8-11)12-9/h9-10H,2-8H2,1H3/t9-,10+/m0/s1. The molecule has 0 N–H and O–H groups in total. The van der Waals surface area contributed by atoms with Gasteiger partial charge in [-0.25, -0.2) is 0 Å². The molecule has 1 rings (SSSR count). The third kappa shape index (κ3) is 3.60. The van der Waals surface area contributed by atoms with Crippen LogP contribution in [-0.4, -0.2) is 16.6 Å². The molecule has 0 radical (unpaired) electrons. The van der Waals surface area contributed by atoms with Crippen LogP contribution in [0.4, 0.5) is 0 Å². The average Bonchev–Trinajstić information content (AvgIpc) is 2.53. The first-order valence-electron chi connectivity index (χ1n) is 5.08. The van der Waals surface area contributed by atoms with Gasteiger partial charge in [-0.1, -0.05) is 48.8 Å².